The van der Waals surface area contributed by atoms with E-state index in [-0.39, 0.29) is 12.6 Å². The molecule has 6 nitrogen and oxygen atoms in total. The van der Waals surface area contributed by atoms with E-state index >= 15 is 0 Å². The van der Waals surface area contributed by atoms with Crippen molar-refractivity contribution in [2.45, 2.75) is 12.8 Å². The number of amides is 2. The Kier molecular flexibility index (Phi) is 4.39. The zero-order chi connectivity index (χ0) is 15.4. The van der Waals surface area contributed by atoms with Gasteiger partial charge in [0.25, 0.3) is 0 Å². The van der Waals surface area contributed by atoms with E-state index in [0.29, 0.717) is 19.0 Å². The first-order chi connectivity index (χ1) is 10.8. The summed E-state index contributed by atoms with van der Waals surface area (Å²) < 4.78 is 1.73. The van der Waals surface area contributed by atoms with Gasteiger partial charge in [0.2, 0.25) is 0 Å². The fourth-order valence-corrected chi connectivity index (χ4v) is 2.70. The van der Waals surface area contributed by atoms with Gasteiger partial charge in [-0.3, -0.25) is 0 Å². The van der Waals surface area contributed by atoms with Crippen molar-refractivity contribution < 1.29 is 9.90 Å². The van der Waals surface area contributed by atoms with Crippen LogP contribution in [-0.2, 0) is 0 Å². The second-order valence-corrected chi connectivity index (χ2v) is 5.51. The number of anilines is 1. The van der Waals surface area contributed by atoms with E-state index in [2.05, 4.69) is 10.4 Å². The van der Waals surface area contributed by atoms with E-state index in [1.807, 2.05) is 36.5 Å². The number of nitrogens with one attached hydrogen (secondary N) is 1. The monoisotopic (exact) mass is 300 g/mol. The number of hydrogen-bond donors (Lipinski definition) is 2. The second-order valence-electron chi connectivity index (χ2n) is 5.51. The van der Waals surface area contributed by atoms with Crippen LogP contribution in [0.4, 0.5) is 10.5 Å². The average Bonchev–Trinajstić information content (AvgIpc) is 3.10. The maximum Gasteiger partial charge on any atom is 0.321 e. The molecule has 0 bridgehead atoms. The molecule has 6 heteroatoms. The van der Waals surface area contributed by atoms with Crippen LogP contribution in [-0.4, -0.2) is 45.5 Å². The van der Waals surface area contributed by atoms with Crippen LogP contribution in [0.2, 0.25) is 0 Å². The maximum atomic E-state index is 12.4. The number of aliphatic hydroxyl groups is 1. The van der Waals surface area contributed by atoms with Gasteiger partial charge in [-0.15, -0.1) is 0 Å². The van der Waals surface area contributed by atoms with Crippen LogP contribution in [0, 0.1) is 5.92 Å². The first-order valence-electron chi connectivity index (χ1n) is 7.54. The van der Waals surface area contributed by atoms with E-state index in [9.17, 15) is 4.79 Å². The van der Waals surface area contributed by atoms with Gasteiger partial charge < -0.3 is 15.3 Å². The van der Waals surface area contributed by atoms with Crippen molar-refractivity contribution >= 4 is 11.7 Å². The van der Waals surface area contributed by atoms with Gasteiger partial charge in [-0.25, -0.2) is 9.48 Å². The van der Waals surface area contributed by atoms with Crippen LogP contribution < -0.4 is 5.32 Å². The molecule has 2 N–H and O–H groups in total. The highest BCUT2D eigenvalue weighted by atomic mass is 16.3. The molecule has 0 unspecified atom stereocenters. The van der Waals surface area contributed by atoms with Crippen LogP contribution in [0.3, 0.4) is 0 Å². The minimum absolute atomic E-state index is 0.101. The summed E-state index contributed by atoms with van der Waals surface area (Å²) in [6, 6.07) is 9.34. The van der Waals surface area contributed by atoms with E-state index in [1.54, 1.807) is 15.8 Å². The van der Waals surface area contributed by atoms with Crippen LogP contribution in [0.25, 0.3) is 5.69 Å². The summed E-state index contributed by atoms with van der Waals surface area (Å²) in [7, 11) is 0. The van der Waals surface area contributed by atoms with Gasteiger partial charge in [0.15, 0.2) is 0 Å². The van der Waals surface area contributed by atoms with Gasteiger partial charge in [0.05, 0.1) is 11.4 Å². The minimum Gasteiger partial charge on any atom is -0.396 e. The SMILES string of the molecule is O=C(Nc1ccccc1-n1cccn1)N1CCC(CO)CC1. The molecule has 1 aromatic heterocycles. The van der Waals surface area contributed by atoms with E-state index in [4.69, 9.17) is 5.11 Å². The number of carbonyl (C=O) groups is 1. The summed E-state index contributed by atoms with van der Waals surface area (Å²) in [6.07, 6.45) is 5.26. The molecule has 0 atom stereocenters. The second kappa shape index (κ2) is 6.62. The Balaban J connectivity index is 1.70. The largest absolute Gasteiger partial charge is 0.396 e. The highest BCUT2D eigenvalue weighted by Crippen LogP contribution is 2.21. The lowest BCUT2D eigenvalue weighted by atomic mass is 9.98. The van der Waals surface area contributed by atoms with Gasteiger partial charge in [-0.05, 0) is 37.0 Å². The number of likely N-dealkylation sites (tertiary alicyclic amines) is 1. The molecular weight excluding hydrogens is 280 g/mol. The molecule has 22 heavy (non-hydrogen) atoms. The van der Waals surface area contributed by atoms with Crippen molar-refractivity contribution in [3.63, 3.8) is 0 Å². The molecule has 3 rings (SSSR count). The Bertz CT molecular complexity index is 619. The standard InChI is InChI=1S/C16H20N4O2/c21-12-13-6-10-19(11-7-13)16(22)18-14-4-1-2-5-15(14)20-9-3-8-17-20/h1-5,8-9,13,21H,6-7,10-12H2,(H,18,22). The number of para-hydroxylation sites is 2. The fraction of sp³-hybridized carbons (Fsp3) is 0.375. The van der Waals surface area contributed by atoms with Gasteiger partial charge in [0.1, 0.15) is 0 Å². The number of aromatic nitrogens is 2. The van der Waals surface area contributed by atoms with Crippen LogP contribution in [0.5, 0.6) is 0 Å². The van der Waals surface area contributed by atoms with Crippen molar-refractivity contribution in [2.24, 2.45) is 5.92 Å². The predicted molar refractivity (Wildman–Crippen MR) is 84.0 cm³/mol. The predicted octanol–water partition coefficient (Wildman–Crippen LogP) is 2.11. The normalized spacial score (nSPS) is 15.8. The number of rotatable bonds is 3. The Labute approximate surface area is 129 Å². The molecule has 116 valence electrons. The Morgan fingerprint density at radius 1 is 1.27 bits per heavy atom. The zero-order valence-corrected chi connectivity index (χ0v) is 12.4. The molecular formula is C16H20N4O2. The van der Waals surface area contributed by atoms with E-state index in [0.717, 1.165) is 24.2 Å². The van der Waals surface area contributed by atoms with Gasteiger partial charge in [0, 0.05) is 32.1 Å². The maximum absolute atomic E-state index is 12.4. The van der Waals surface area contributed by atoms with Crippen molar-refractivity contribution in [3.05, 3.63) is 42.7 Å². The quantitative estimate of drug-likeness (QED) is 0.912. The third-order valence-corrected chi connectivity index (χ3v) is 4.06. The van der Waals surface area contributed by atoms with Gasteiger partial charge in [-0.1, -0.05) is 12.1 Å². The summed E-state index contributed by atoms with van der Waals surface area (Å²) in [6.45, 7) is 1.57. The lowest BCUT2D eigenvalue weighted by Crippen LogP contribution is -2.41. The Morgan fingerprint density at radius 3 is 2.73 bits per heavy atom. The molecule has 0 spiro atoms. The first kappa shape index (κ1) is 14.6. The summed E-state index contributed by atoms with van der Waals surface area (Å²) in [5.41, 5.74) is 1.58. The smallest absolute Gasteiger partial charge is 0.321 e. The molecule has 1 aromatic carbocycles. The van der Waals surface area contributed by atoms with Crippen molar-refractivity contribution in [1.82, 2.24) is 14.7 Å². The average molecular weight is 300 g/mol. The fourth-order valence-electron chi connectivity index (χ4n) is 2.70. The van der Waals surface area contributed by atoms with E-state index < -0.39 is 0 Å². The summed E-state index contributed by atoms with van der Waals surface area (Å²) in [5, 5.41) is 16.3. The zero-order valence-electron chi connectivity index (χ0n) is 12.4. The van der Waals surface area contributed by atoms with Crippen molar-refractivity contribution in [3.8, 4) is 5.69 Å². The van der Waals surface area contributed by atoms with Crippen LogP contribution >= 0.6 is 0 Å². The highest BCUT2D eigenvalue weighted by molar-refractivity contribution is 5.91. The number of aliphatic hydroxyl groups excluding tert-OH is 1. The van der Waals surface area contributed by atoms with Crippen molar-refractivity contribution in [2.75, 3.05) is 25.0 Å². The summed E-state index contributed by atoms with van der Waals surface area (Å²) in [5.74, 6) is 0.320. The van der Waals surface area contributed by atoms with Crippen LogP contribution in [0.1, 0.15) is 12.8 Å². The molecule has 1 fully saturated rings. The molecule has 0 aliphatic carbocycles. The molecule has 2 amide bonds. The number of piperidine rings is 1. The Hall–Kier alpha value is -2.34. The minimum atomic E-state index is -0.101. The molecule has 2 aromatic rings. The lowest BCUT2D eigenvalue weighted by Gasteiger charge is -2.31. The molecule has 1 saturated heterocycles. The molecule has 1 aliphatic rings. The lowest BCUT2D eigenvalue weighted by molar-refractivity contribution is 0.143. The van der Waals surface area contributed by atoms with Gasteiger partial charge >= 0.3 is 6.03 Å². The number of hydrogen-bond acceptors (Lipinski definition) is 3. The molecule has 2 heterocycles. The molecule has 0 saturated carbocycles. The first-order valence-corrected chi connectivity index (χ1v) is 7.54. The number of nitrogens with zero attached hydrogens (tertiary/aromatic N) is 3. The highest BCUT2D eigenvalue weighted by Gasteiger charge is 2.22. The van der Waals surface area contributed by atoms with E-state index in [1.165, 1.54) is 0 Å². The number of carbonyl (C=O) groups excluding carboxylic acids is 1. The number of benzene rings is 1. The van der Waals surface area contributed by atoms with Crippen molar-refractivity contribution in [1.29, 1.82) is 0 Å². The summed E-state index contributed by atoms with van der Waals surface area (Å²) >= 11 is 0. The topological polar surface area (TPSA) is 70.4 Å². The third kappa shape index (κ3) is 3.12. The van der Waals surface area contributed by atoms with Crippen LogP contribution in [0.15, 0.2) is 42.7 Å². The number of urea groups is 1. The Morgan fingerprint density at radius 2 is 2.05 bits per heavy atom. The molecule has 1 aliphatic heterocycles. The summed E-state index contributed by atoms with van der Waals surface area (Å²) in [4.78, 5) is 14.2. The third-order valence-electron chi connectivity index (χ3n) is 4.06. The van der Waals surface area contributed by atoms with Gasteiger partial charge in [-0.2, -0.15) is 5.10 Å². The molecule has 0 radical (unpaired) electrons.